The second-order valence-corrected chi connectivity index (χ2v) is 5.12. The average molecular weight is 297 g/mol. The van der Waals surface area contributed by atoms with Crippen molar-refractivity contribution >= 4 is 11.6 Å². The lowest BCUT2D eigenvalue weighted by Gasteiger charge is -2.19. The Morgan fingerprint density at radius 1 is 1.05 bits per heavy atom. The zero-order valence-electron chi connectivity index (χ0n) is 11.2. The second kappa shape index (κ2) is 5.87. The summed E-state index contributed by atoms with van der Waals surface area (Å²) in [7, 11) is 0. The van der Waals surface area contributed by atoms with Crippen LogP contribution in [0.1, 0.15) is 28.3 Å². The molecule has 1 unspecified atom stereocenters. The largest absolute Gasteiger partial charge is 0.271 e. The summed E-state index contributed by atoms with van der Waals surface area (Å²) in [5.41, 5.74) is 4.48. The highest BCUT2D eigenvalue weighted by Crippen LogP contribution is 2.29. The van der Waals surface area contributed by atoms with Crippen LogP contribution in [0.15, 0.2) is 30.3 Å². The molecule has 2 aromatic carbocycles. The smallest absolute Gasteiger partial charge is 0.164 e. The molecular formula is C15H15ClF2N2. The minimum Gasteiger partial charge on any atom is -0.271 e. The van der Waals surface area contributed by atoms with Crippen LogP contribution in [0.25, 0.3) is 0 Å². The third-order valence-corrected chi connectivity index (χ3v) is 3.72. The molecule has 20 heavy (non-hydrogen) atoms. The summed E-state index contributed by atoms with van der Waals surface area (Å²) in [4.78, 5) is 0. The van der Waals surface area contributed by atoms with Gasteiger partial charge in [0.1, 0.15) is 0 Å². The number of hydrazine groups is 1. The first-order chi connectivity index (χ1) is 9.45. The van der Waals surface area contributed by atoms with E-state index in [0.29, 0.717) is 10.6 Å². The molecule has 0 bridgehead atoms. The normalized spacial score (nSPS) is 12.5. The fourth-order valence-electron chi connectivity index (χ4n) is 2.04. The van der Waals surface area contributed by atoms with Crippen molar-refractivity contribution in [2.45, 2.75) is 19.9 Å². The van der Waals surface area contributed by atoms with Gasteiger partial charge in [0.2, 0.25) is 0 Å². The van der Waals surface area contributed by atoms with Crippen molar-refractivity contribution in [3.8, 4) is 0 Å². The first-order valence-electron chi connectivity index (χ1n) is 6.12. The maximum absolute atomic E-state index is 14.1. The first kappa shape index (κ1) is 14.9. The van der Waals surface area contributed by atoms with Crippen molar-refractivity contribution < 1.29 is 8.78 Å². The first-order valence-corrected chi connectivity index (χ1v) is 6.50. The van der Waals surface area contributed by atoms with Gasteiger partial charge in [-0.25, -0.2) is 14.2 Å². The van der Waals surface area contributed by atoms with E-state index in [4.69, 9.17) is 17.4 Å². The topological polar surface area (TPSA) is 38.0 Å². The van der Waals surface area contributed by atoms with E-state index in [1.54, 1.807) is 12.1 Å². The quantitative estimate of drug-likeness (QED) is 0.668. The number of hydrogen-bond acceptors (Lipinski definition) is 2. The van der Waals surface area contributed by atoms with Crippen molar-refractivity contribution in [1.82, 2.24) is 5.43 Å². The lowest BCUT2D eigenvalue weighted by Crippen LogP contribution is -2.29. The number of nitrogens with one attached hydrogen (secondary N) is 1. The lowest BCUT2D eigenvalue weighted by molar-refractivity contribution is 0.478. The molecule has 0 fully saturated rings. The maximum Gasteiger partial charge on any atom is 0.164 e. The number of benzene rings is 2. The number of nitrogens with two attached hydrogens (primary N) is 1. The second-order valence-electron chi connectivity index (χ2n) is 4.71. The lowest BCUT2D eigenvalue weighted by atomic mass is 9.96. The highest BCUT2D eigenvalue weighted by Gasteiger charge is 2.20. The standard InChI is InChI=1S/C15H15ClF2N2/c1-8-3-5-10(7-12(8)16)15(20-19)11-6-4-9(2)13(17)14(11)18/h3-7,15,20H,19H2,1-2H3. The van der Waals surface area contributed by atoms with E-state index < -0.39 is 17.7 Å². The van der Waals surface area contributed by atoms with Crippen LogP contribution in [0, 0.1) is 25.5 Å². The van der Waals surface area contributed by atoms with Gasteiger partial charge in [0.05, 0.1) is 6.04 Å². The Morgan fingerprint density at radius 2 is 1.70 bits per heavy atom. The summed E-state index contributed by atoms with van der Waals surface area (Å²) in [6.07, 6.45) is 0. The van der Waals surface area contributed by atoms with E-state index in [1.165, 1.54) is 19.1 Å². The van der Waals surface area contributed by atoms with Crippen molar-refractivity contribution in [3.63, 3.8) is 0 Å². The Balaban J connectivity index is 2.52. The highest BCUT2D eigenvalue weighted by molar-refractivity contribution is 6.31. The van der Waals surface area contributed by atoms with Gasteiger partial charge in [0.25, 0.3) is 0 Å². The Hall–Kier alpha value is -1.49. The van der Waals surface area contributed by atoms with Gasteiger partial charge in [-0.05, 0) is 36.6 Å². The summed E-state index contributed by atoms with van der Waals surface area (Å²) >= 11 is 6.06. The fourth-order valence-corrected chi connectivity index (χ4v) is 2.23. The SMILES string of the molecule is Cc1ccc(C(NN)c2ccc(C)c(F)c2F)cc1Cl. The van der Waals surface area contributed by atoms with Crippen LogP contribution in [-0.4, -0.2) is 0 Å². The van der Waals surface area contributed by atoms with E-state index in [1.807, 2.05) is 13.0 Å². The van der Waals surface area contributed by atoms with Crippen LogP contribution in [0.4, 0.5) is 8.78 Å². The van der Waals surface area contributed by atoms with E-state index in [9.17, 15) is 8.78 Å². The molecule has 2 nitrogen and oxygen atoms in total. The Morgan fingerprint density at radius 3 is 2.30 bits per heavy atom. The predicted molar refractivity (Wildman–Crippen MR) is 76.5 cm³/mol. The zero-order valence-corrected chi connectivity index (χ0v) is 11.9. The fraction of sp³-hybridized carbons (Fsp3) is 0.200. The van der Waals surface area contributed by atoms with E-state index >= 15 is 0 Å². The van der Waals surface area contributed by atoms with Gasteiger partial charge in [-0.1, -0.05) is 35.9 Å². The summed E-state index contributed by atoms with van der Waals surface area (Å²) in [6, 6.07) is 7.66. The van der Waals surface area contributed by atoms with Gasteiger partial charge < -0.3 is 0 Å². The van der Waals surface area contributed by atoms with Gasteiger partial charge in [-0.3, -0.25) is 5.84 Å². The molecule has 5 heteroatoms. The molecule has 1 atom stereocenters. The Bertz CT molecular complexity index is 644. The number of hydrogen-bond donors (Lipinski definition) is 2. The highest BCUT2D eigenvalue weighted by atomic mass is 35.5. The van der Waals surface area contributed by atoms with Crippen LogP contribution >= 0.6 is 11.6 Å². The van der Waals surface area contributed by atoms with Gasteiger partial charge >= 0.3 is 0 Å². The Labute approximate surface area is 121 Å². The molecule has 0 aromatic heterocycles. The van der Waals surface area contributed by atoms with Crippen LogP contribution in [0.5, 0.6) is 0 Å². The van der Waals surface area contributed by atoms with E-state index in [2.05, 4.69) is 5.43 Å². The molecule has 3 N–H and O–H groups in total. The van der Waals surface area contributed by atoms with Crippen molar-refractivity contribution in [2.75, 3.05) is 0 Å². The predicted octanol–water partition coefficient (Wildman–Crippen LogP) is 3.79. The van der Waals surface area contributed by atoms with Crippen LogP contribution < -0.4 is 11.3 Å². The van der Waals surface area contributed by atoms with E-state index in [-0.39, 0.29) is 11.1 Å². The van der Waals surface area contributed by atoms with Crippen molar-refractivity contribution in [2.24, 2.45) is 5.84 Å². The third kappa shape index (κ3) is 2.68. The van der Waals surface area contributed by atoms with E-state index in [0.717, 1.165) is 5.56 Å². The van der Waals surface area contributed by atoms with Crippen LogP contribution in [-0.2, 0) is 0 Å². The molecule has 0 aliphatic rings. The summed E-state index contributed by atoms with van der Waals surface area (Å²) < 4.78 is 27.7. The molecule has 106 valence electrons. The molecule has 0 amide bonds. The molecule has 0 heterocycles. The molecule has 0 spiro atoms. The average Bonchev–Trinajstić information content (AvgIpc) is 2.43. The van der Waals surface area contributed by atoms with Crippen LogP contribution in [0.2, 0.25) is 5.02 Å². The number of rotatable bonds is 3. The number of halogens is 3. The van der Waals surface area contributed by atoms with Gasteiger partial charge in [-0.2, -0.15) is 0 Å². The van der Waals surface area contributed by atoms with Crippen LogP contribution in [0.3, 0.4) is 0 Å². The monoisotopic (exact) mass is 296 g/mol. The molecule has 0 saturated heterocycles. The van der Waals surface area contributed by atoms with Gasteiger partial charge in [-0.15, -0.1) is 0 Å². The summed E-state index contributed by atoms with van der Waals surface area (Å²) in [5, 5.41) is 0.552. The minimum atomic E-state index is -0.898. The maximum atomic E-state index is 14.1. The summed E-state index contributed by atoms with van der Waals surface area (Å²) in [6.45, 7) is 3.37. The molecule has 0 aliphatic carbocycles. The third-order valence-electron chi connectivity index (χ3n) is 3.31. The molecular weight excluding hydrogens is 282 g/mol. The minimum absolute atomic E-state index is 0.149. The summed E-state index contributed by atoms with van der Waals surface area (Å²) in [5.74, 6) is 3.74. The number of aryl methyl sites for hydroxylation is 2. The Kier molecular flexibility index (Phi) is 4.38. The van der Waals surface area contributed by atoms with Crippen molar-refractivity contribution in [3.05, 3.63) is 69.2 Å². The zero-order chi connectivity index (χ0) is 14.9. The molecule has 0 aliphatic heterocycles. The molecule has 2 rings (SSSR count). The van der Waals surface area contributed by atoms with Gasteiger partial charge in [0.15, 0.2) is 11.6 Å². The molecule has 0 saturated carbocycles. The van der Waals surface area contributed by atoms with Gasteiger partial charge in [0, 0.05) is 10.6 Å². The van der Waals surface area contributed by atoms with Crippen molar-refractivity contribution in [1.29, 1.82) is 0 Å². The molecule has 2 aromatic rings. The molecule has 0 radical (unpaired) electrons.